The maximum atomic E-state index is 11.5. The van der Waals surface area contributed by atoms with Crippen molar-refractivity contribution in [3.63, 3.8) is 0 Å². The second-order valence-corrected chi connectivity index (χ2v) is 11.0. The molecule has 0 saturated carbocycles. The van der Waals surface area contributed by atoms with Crippen molar-refractivity contribution in [2.75, 3.05) is 13.7 Å². The Morgan fingerprint density at radius 1 is 1.37 bits per heavy atom. The van der Waals surface area contributed by atoms with Crippen molar-refractivity contribution in [3.8, 4) is 0 Å². The van der Waals surface area contributed by atoms with Gasteiger partial charge in [-0.25, -0.2) is 4.79 Å². The number of hydrogen-bond acceptors (Lipinski definition) is 3. The largest absolute Gasteiger partial charge is 0.464 e. The molecular weight excluding hydrogens is 258 g/mol. The summed E-state index contributed by atoms with van der Waals surface area (Å²) in [6.45, 7) is 12.4. The van der Waals surface area contributed by atoms with E-state index in [0.29, 0.717) is 18.8 Å². The molecule has 1 aromatic heterocycles. The molecule has 0 radical (unpaired) electrons. The SMILES string of the molecule is COC(=O)c1cccn1CCO[Si](C)(C)C(C)(C)C. The van der Waals surface area contributed by atoms with Crippen LogP contribution < -0.4 is 0 Å². The third-order valence-electron chi connectivity index (χ3n) is 3.83. The maximum absolute atomic E-state index is 11.5. The number of aromatic nitrogens is 1. The van der Waals surface area contributed by atoms with Gasteiger partial charge in [-0.05, 0) is 30.3 Å². The van der Waals surface area contributed by atoms with E-state index in [4.69, 9.17) is 9.16 Å². The molecule has 1 heterocycles. The summed E-state index contributed by atoms with van der Waals surface area (Å²) in [7, 11) is -0.326. The predicted octanol–water partition coefficient (Wildman–Crippen LogP) is 3.30. The first-order valence-corrected chi connectivity index (χ1v) is 9.47. The highest BCUT2D eigenvalue weighted by Crippen LogP contribution is 2.36. The van der Waals surface area contributed by atoms with Gasteiger partial charge in [-0.2, -0.15) is 0 Å². The van der Waals surface area contributed by atoms with Gasteiger partial charge in [-0.3, -0.25) is 0 Å². The van der Waals surface area contributed by atoms with Gasteiger partial charge >= 0.3 is 5.97 Å². The van der Waals surface area contributed by atoms with Crippen molar-refractivity contribution in [3.05, 3.63) is 24.0 Å². The highest BCUT2D eigenvalue weighted by molar-refractivity contribution is 6.74. The highest BCUT2D eigenvalue weighted by Gasteiger charge is 2.36. The monoisotopic (exact) mass is 283 g/mol. The van der Waals surface area contributed by atoms with Crippen LogP contribution in [-0.4, -0.2) is 32.6 Å². The Morgan fingerprint density at radius 2 is 2.00 bits per heavy atom. The summed E-state index contributed by atoms with van der Waals surface area (Å²) < 4.78 is 12.7. The summed E-state index contributed by atoms with van der Waals surface area (Å²) in [5.74, 6) is -0.308. The molecule has 5 heteroatoms. The van der Waals surface area contributed by atoms with Gasteiger partial charge in [0.15, 0.2) is 8.32 Å². The Morgan fingerprint density at radius 3 is 2.53 bits per heavy atom. The lowest BCUT2D eigenvalue weighted by molar-refractivity contribution is 0.0587. The first kappa shape index (κ1) is 16.0. The fraction of sp³-hybridized carbons (Fsp3) is 0.643. The molecule has 0 aromatic carbocycles. The van der Waals surface area contributed by atoms with E-state index >= 15 is 0 Å². The van der Waals surface area contributed by atoms with Crippen LogP contribution in [0.3, 0.4) is 0 Å². The highest BCUT2D eigenvalue weighted by atomic mass is 28.4. The molecule has 0 fully saturated rings. The standard InChI is InChI=1S/C14H25NO3Si/c1-14(2,3)19(5,6)18-11-10-15-9-7-8-12(15)13(16)17-4/h7-9H,10-11H2,1-6H3. The zero-order valence-electron chi connectivity index (χ0n) is 12.8. The Balaban J connectivity index is 2.60. The van der Waals surface area contributed by atoms with Crippen molar-refractivity contribution in [2.24, 2.45) is 0 Å². The molecule has 0 saturated heterocycles. The smallest absolute Gasteiger partial charge is 0.354 e. The van der Waals surface area contributed by atoms with Crippen molar-refractivity contribution in [1.29, 1.82) is 0 Å². The predicted molar refractivity (Wildman–Crippen MR) is 78.9 cm³/mol. The van der Waals surface area contributed by atoms with Gasteiger partial charge in [-0.15, -0.1) is 0 Å². The Kier molecular flexibility index (Phi) is 4.98. The number of methoxy groups -OCH3 is 1. The summed E-state index contributed by atoms with van der Waals surface area (Å²) in [6.07, 6.45) is 1.88. The van der Waals surface area contributed by atoms with E-state index in [-0.39, 0.29) is 11.0 Å². The molecule has 1 rings (SSSR count). The Hall–Kier alpha value is -1.07. The van der Waals surface area contributed by atoms with Crippen LogP contribution in [0.1, 0.15) is 31.3 Å². The number of ether oxygens (including phenoxy) is 1. The van der Waals surface area contributed by atoms with Crippen molar-refractivity contribution in [2.45, 2.75) is 45.4 Å². The number of nitrogens with zero attached hydrogens (tertiary/aromatic N) is 1. The summed E-state index contributed by atoms with van der Waals surface area (Å²) in [4.78, 5) is 11.5. The van der Waals surface area contributed by atoms with Gasteiger partial charge in [0.05, 0.1) is 13.7 Å². The molecule has 19 heavy (non-hydrogen) atoms. The van der Waals surface area contributed by atoms with Crippen molar-refractivity contribution < 1.29 is 14.0 Å². The average molecular weight is 283 g/mol. The van der Waals surface area contributed by atoms with E-state index < -0.39 is 8.32 Å². The zero-order valence-corrected chi connectivity index (χ0v) is 13.8. The van der Waals surface area contributed by atoms with Crippen LogP contribution >= 0.6 is 0 Å². The van der Waals surface area contributed by atoms with Crippen LogP contribution in [0, 0.1) is 0 Å². The van der Waals surface area contributed by atoms with Crippen molar-refractivity contribution in [1.82, 2.24) is 4.57 Å². The quantitative estimate of drug-likeness (QED) is 0.615. The van der Waals surface area contributed by atoms with Gasteiger partial charge in [-0.1, -0.05) is 20.8 Å². The van der Waals surface area contributed by atoms with Gasteiger partial charge in [0, 0.05) is 12.7 Å². The van der Waals surface area contributed by atoms with E-state index in [1.54, 1.807) is 6.07 Å². The molecule has 0 atom stereocenters. The van der Waals surface area contributed by atoms with Crippen LogP contribution in [0.5, 0.6) is 0 Å². The van der Waals surface area contributed by atoms with Crippen LogP contribution in [0.4, 0.5) is 0 Å². The molecule has 0 bridgehead atoms. The number of rotatable bonds is 5. The van der Waals surface area contributed by atoms with E-state index in [0.717, 1.165) is 0 Å². The Labute approximate surface area is 116 Å². The van der Waals surface area contributed by atoms with Crippen LogP contribution in [0.2, 0.25) is 18.1 Å². The molecular formula is C14H25NO3Si. The minimum atomic E-state index is -1.72. The van der Waals surface area contributed by atoms with Gasteiger partial charge in [0.2, 0.25) is 0 Å². The van der Waals surface area contributed by atoms with Gasteiger partial charge in [0.1, 0.15) is 5.69 Å². The molecule has 0 spiro atoms. The lowest BCUT2D eigenvalue weighted by Crippen LogP contribution is -2.41. The van der Waals surface area contributed by atoms with E-state index in [2.05, 4.69) is 33.9 Å². The van der Waals surface area contributed by atoms with Crippen LogP contribution in [0.25, 0.3) is 0 Å². The number of carbonyl (C=O) groups excluding carboxylic acids is 1. The molecule has 1 aromatic rings. The first-order valence-electron chi connectivity index (χ1n) is 6.56. The normalized spacial score (nSPS) is 12.5. The molecule has 108 valence electrons. The molecule has 4 nitrogen and oxygen atoms in total. The summed E-state index contributed by atoms with van der Waals surface area (Å²) >= 11 is 0. The van der Waals surface area contributed by atoms with Crippen LogP contribution in [0.15, 0.2) is 18.3 Å². The Bertz CT molecular complexity index is 432. The lowest BCUT2D eigenvalue weighted by Gasteiger charge is -2.36. The van der Waals surface area contributed by atoms with Crippen molar-refractivity contribution >= 4 is 14.3 Å². The molecule has 0 aliphatic heterocycles. The van der Waals surface area contributed by atoms with Gasteiger partial charge < -0.3 is 13.7 Å². The molecule has 0 N–H and O–H groups in total. The fourth-order valence-electron chi connectivity index (χ4n) is 1.51. The zero-order chi connectivity index (χ0) is 14.7. The maximum Gasteiger partial charge on any atom is 0.354 e. The summed E-state index contributed by atoms with van der Waals surface area (Å²) in [6, 6.07) is 3.61. The molecule has 0 aliphatic rings. The van der Waals surface area contributed by atoms with E-state index in [9.17, 15) is 4.79 Å². The van der Waals surface area contributed by atoms with Gasteiger partial charge in [0.25, 0.3) is 0 Å². The first-order chi connectivity index (χ1) is 8.69. The summed E-state index contributed by atoms with van der Waals surface area (Å²) in [5, 5.41) is 0.203. The third kappa shape index (κ3) is 3.94. The fourth-order valence-corrected chi connectivity index (χ4v) is 2.55. The molecule has 0 unspecified atom stereocenters. The average Bonchev–Trinajstić information content (AvgIpc) is 2.74. The number of hydrogen-bond donors (Lipinski definition) is 0. The minimum Gasteiger partial charge on any atom is -0.464 e. The second-order valence-electron chi connectivity index (χ2n) is 6.19. The van der Waals surface area contributed by atoms with E-state index in [1.807, 2.05) is 16.8 Å². The second kappa shape index (κ2) is 5.92. The number of carbonyl (C=O) groups is 1. The van der Waals surface area contributed by atoms with Crippen LogP contribution in [-0.2, 0) is 15.7 Å². The topological polar surface area (TPSA) is 40.5 Å². The minimum absolute atomic E-state index is 0.203. The van der Waals surface area contributed by atoms with E-state index in [1.165, 1.54) is 7.11 Å². The number of esters is 1. The lowest BCUT2D eigenvalue weighted by atomic mass is 10.2. The summed E-state index contributed by atoms with van der Waals surface area (Å²) in [5.41, 5.74) is 0.571. The third-order valence-corrected chi connectivity index (χ3v) is 8.36. The molecule has 0 aliphatic carbocycles. The molecule has 0 amide bonds.